The molecule has 1 saturated heterocycles. The molecule has 0 saturated carbocycles. The number of nitrogens with one attached hydrogen (secondary N) is 1. The van der Waals surface area contributed by atoms with Crippen LogP contribution in [0, 0.1) is 12.8 Å². The Hall–Kier alpha value is -3.08. The van der Waals surface area contributed by atoms with E-state index in [1.807, 2.05) is 35.2 Å². The van der Waals surface area contributed by atoms with Crippen LogP contribution in [0.2, 0.25) is 0 Å². The second-order valence-corrected chi connectivity index (χ2v) is 8.81. The van der Waals surface area contributed by atoms with Gasteiger partial charge in [-0.2, -0.15) is 0 Å². The number of amides is 2. The van der Waals surface area contributed by atoms with Crippen molar-refractivity contribution in [3.05, 3.63) is 65.4 Å². The lowest BCUT2D eigenvalue weighted by Gasteiger charge is -2.31. The van der Waals surface area contributed by atoms with E-state index in [1.54, 1.807) is 6.26 Å². The standard InChI is InChI=1S/C26H30N2O3/c1-17(2)22-15-23-20(16-31-24(23)13-18(22)3)14-25(29)28-11-9-19(10-12-28)26(30)27-21-7-5-4-6-8-21/h4-8,13,15-17,19H,9-12,14H2,1-3H3,(H,27,30). The first-order chi connectivity index (χ1) is 14.9. The molecule has 2 aromatic carbocycles. The van der Waals surface area contributed by atoms with E-state index >= 15 is 0 Å². The lowest BCUT2D eigenvalue weighted by Crippen LogP contribution is -2.42. The second-order valence-electron chi connectivity index (χ2n) is 8.81. The summed E-state index contributed by atoms with van der Waals surface area (Å²) in [6.45, 7) is 7.67. The summed E-state index contributed by atoms with van der Waals surface area (Å²) in [6.07, 6.45) is 3.42. The predicted octanol–water partition coefficient (Wildman–Crippen LogP) is 5.28. The smallest absolute Gasteiger partial charge is 0.227 e. The van der Waals surface area contributed by atoms with Gasteiger partial charge in [0.25, 0.3) is 0 Å². The Morgan fingerprint density at radius 1 is 1.13 bits per heavy atom. The van der Waals surface area contributed by atoms with Gasteiger partial charge in [0.15, 0.2) is 0 Å². The molecule has 0 bridgehead atoms. The zero-order valence-corrected chi connectivity index (χ0v) is 18.5. The number of nitrogens with zero attached hydrogens (tertiary/aromatic N) is 1. The Bertz CT molecular complexity index is 1080. The summed E-state index contributed by atoms with van der Waals surface area (Å²) in [7, 11) is 0. The highest BCUT2D eigenvalue weighted by Crippen LogP contribution is 2.30. The number of likely N-dealkylation sites (tertiary alicyclic amines) is 1. The zero-order valence-electron chi connectivity index (χ0n) is 18.5. The van der Waals surface area contributed by atoms with Crippen molar-refractivity contribution >= 4 is 28.5 Å². The first-order valence-electron chi connectivity index (χ1n) is 11.1. The molecule has 2 heterocycles. The van der Waals surface area contributed by atoms with Gasteiger partial charge in [0.2, 0.25) is 11.8 Å². The fraction of sp³-hybridized carbons (Fsp3) is 0.385. The molecule has 5 nitrogen and oxygen atoms in total. The SMILES string of the molecule is Cc1cc2occ(CC(=O)N3CCC(C(=O)Nc4ccccc4)CC3)c2cc1C(C)C. The highest BCUT2D eigenvalue weighted by atomic mass is 16.3. The molecular weight excluding hydrogens is 388 g/mol. The van der Waals surface area contributed by atoms with E-state index in [9.17, 15) is 9.59 Å². The number of anilines is 1. The minimum absolute atomic E-state index is 0.0377. The number of para-hydroxylation sites is 1. The van der Waals surface area contributed by atoms with Crippen LogP contribution < -0.4 is 5.32 Å². The Balaban J connectivity index is 1.37. The van der Waals surface area contributed by atoms with Crippen LogP contribution in [-0.4, -0.2) is 29.8 Å². The first-order valence-corrected chi connectivity index (χ1v) is 11.1. The molecule has 0 spiro atoms. The number of piperidine rings is 1. The van der Waals surface area contributed by atoms with Gasteiger partial charge in [-0.15, -0.1) is 0 Å². The van der Waals surface area contributed by atoms with Crippen LogP contribution >= 0.6 is 0 Å². The maximum absolute atomic E-state index is 12.9. The normalized spacial score (nSPS) is 14.9. The summed E-state index contributed by atoms with van der Waals surface area (Å²) < 4.78 is 5.73. The number of aryl methyl sites for hydroxylation is 1. The van der Waals surface area contributed by atoms with Crippen molar-refractivity contribution in [3.8, 4) is 0 Å². The van der Waals surface area contributed by atoms with Crippen LogP contribution in [0.1, 0.15) is 49.3 Å². The average molecular weight is 419 g/mol. The van der Waals surface area contributed by atoms with Gasteiger partial charge in [-0.05, 0) is 61.1 Å². The van der Waals surface area contributed by atoms with Gasteiger partial charge in [-0.3, -0.25) is 9.59 Å². The number of carbonyl (C=O) groups excluding carboxylic acids is 2. The highest BCUT2D eigenvalue weighted by Gasteiger charge is 2.28. The molecule has 1 fully saturated rings. The molecule has 2 amide bonds. The molecule has 4 rings (SSSR count). The van der Waals surface area contributed by atoms with Crippen LogP contribution in [0.4, 0.5) is 5.69 Å². The number of hydrogen-bond acceptors (Lipinski definition) is 3. The molecular formula is C26H30N2O3. The Kier molecular flexibility index (Phi) is 6.12. The quantitative estimate of drug-likeness (QED) is 0.613. The van der Waals surface area contributed by atoms with E-state index in [-0.39, 0.29) is 17.7 Å². The van der Waals surface area contributed by atoms with E-state index < -0.39 is 0 Å². The molecule has 1 N–H and O–H groups in total. The first kappa shape index (κ1) is 21.2. The van der Waals surface area contributed by atoms with Crippen molar-refractivity contribution in [2.24, 2.45) is 5.92 Å². The number of hydrogen-bond donors (Lipinski definition) is 1. The molecule has 0 radical (unpaired) electrons. The van der Waals surface area contributed by atoms with Gasteiger partial charge < -0.3 is 14.6 Å². The fourth-order valence-corrected chi connectivity index (χ4v) is 4.44. The van der Waals surface area contributed by atoms with Crippen molar-refractivity contribution in [1.29, 1.82) is 0 Å². The van der Waals surface area contributed by atoms with Gasteiger partial charge >= 0.3 is 0 Å². The molecule has 0 atom stereocenters. The number of rotatable bonds is 5. The maximum Gasteiger partial charge on any atom is 0.227 e. The predicted molar refractivity (Wildman–Crippen MR) is 123 cm³/mol. The van der Waals surface area contributed by atoms with Gasteiger partial charge in [0.1, 0.15) is 5.58 Å². The molecule has 5 heteroatoms. The fourth-order valence-electron chi connectivity index (χ4n) is 4.44. The molecule has 162 valence electrons. The van der Waals surface area contributed by atoms with Crippen LogP contribution in [0.5, 0.6) is 0 Å². The summed E-state index contributed by atoms with van der Waals surface area (Å²) in [5.41, 5.74) is 5.08. The molecule has 3 aromatic rings. The maximum atomic E-state index is 12.9. The van der Waals surface area contributed by atoms with Gasteiger partial charge in [0.05, 0.1) is 12.7 Å². The van der Waals surface area contributed by atoms with Crippen molar-refractivity contribution in [3.63, 3.8) is 0 Å². The van der Waals surface area contributed by atoms with Crippen LogP contribution in [-0.2, 0) is 16.0 Å². The van der Waals surface area contributed by atoms with Crippen LogP contribution in [0.3, 0.4) is 0 Å². The van der Waals surface area contributed by atoms with E-state index in [0.29, 0.717) is 38.3 Å². The number of carbonyl (C=O) groups is 2. The highest BCUT2D eigenvalue weighted by molar-refractivity contribution is 5.93. The summed E-state index contributed by atoms with van der Waals surface area (Å²) in [5, 5.41) is 4.00. The van der Waals surface area contributed by atoms with Crippen molar-refractivity contribution < 1.29 is 14.0 Å². The van der Waals surface area contributed by atoms with Gasteiger partial charge in [0, 0.05) is 35.6 Å². The monoisotopic (exact) mass is 418 g/mol. The minimum Gasteiger partial charge on any atom is -0.464 e. The Labute approximate surface area is 183 Å². The average Bonchev–Trinajstić information content (AvgIpc) is 3.15. The number of fused-ring (bicyclic) bond motifs is 1. The summed E-state index contributed by atoms with van der Waals surface area (Å²) in [6, 6.07) is 13.7. The zero-order chi connectivity index (χ0) is 22.0. The van der Waals surface area contributed by atoms with Crippen LogP contribution in [0.25, 0.3) is 11.0 Å². The Morgan fingerprint density at radius 3 is 2.52 bits per heavy atom. The summed E-state index contributed by atoms with van der Waals surface area (Å²) in [5.74, 6) is 0.492. The van der Waals surface area contributed by atoms with Crippen molar-refractivity contribution in [1.82, 2.24) is 4.90 Å². The lowest BCUT2D eigenvalue weighted by molar-refractivity contribution is -0.133. The van der Waals surface area contributed by atoms with E-state index in [1.165, 1.54) is 11.1 Å². The largest absolute Gasteiger partial charge is 0.464 e. The molecule has 1 aliphatic rings. The topological polar surface area (TPSA) is 62.6 Å². The molecule has 0 aliphatic carbocycles. The van der Waals surface area contributed by atoms with E-state index in [4.69, 9.17) is 4.42 Å². The number of benzene rings is 2. The second kappa shape index (κ2) is 8.96. The lowest BCUT2D eigenvalue weighted by atomic mass is 9.94. The van der Waals surface area contributed by atoms with Crippen molar-refractivity contribution in [2.75, 3.05) is 18.4 Å². The van der Waals surface area contributed by atoms with Gasteiger partial charge in [-0.1, -0.05) is 32.0 Å². The van der Waals surface area contributed by atoms with Gasteiger partial charge in [-0.25, -0.2) is 0 Å². The number of furan rings is 1. The third-order valence-electron chi connectivity index (χ3n) is 6.27. The minimum atomic E-state index is -0.0596. The third-order valence-corrected chi connectivity index (χ3v) is 6.27. The molecule has 1 aromatic heterocycles. The van der Waals surface area contributed by atoms with Crippen LogP contribution in [0.15, 0.2) is 53.1 Å². The van der Waals surface area contributed by atoms with Crippen molar-refractivity contribution in [2.45, 2.75) is 46.0 Å². The third kappa shape index (κ3) is 4.66. The summed E-state index contributed by atoms with van der Waals surface area (Å²) in [4.78, 5) is 27.4. The molecule has 1 aliphatic heterocycles. The molecule has 31 heavy (non-hydrogen) atoms. The Morgan fingerprint density at radius 2 is 1.84 bits per heavy atom. The summed E-state index contributed by atoms with van der Waals surface area (Å²) >= 11 is 0. The van der Waals surface area contributed by atoms with E-state index in [0.717, 1.165) is 22.2 Å². The van der Waals surface area contributed by atoms with E-state index in [2.05, 4.69) is 38.2 Å². The molecule has 0 unspecified atom stereocenters.